The average molecular weight is 497 g/mol. The van der Waals surface area contributed by atoms with Crippen LogP contribution >= 0.6 is 15.9 Å². The second-order valence-electron chi connectivity index (χ2n) is 8.22. The molecule has 1 heterocycles. The Morgan fingerprint density at radius 1 is 1.23 bits per heavy atom. The number of nitrogens with zero attached hydrogens (tertiary/aromatic N) is 2. The van der Waals surface area contributed by atoms with Gasteiger partial charge in [-0.1, -0.05) is 22.0 Å². The maximum atomic E-state index is 12.5. The number of aryl methyl sites for hydroxylation is 1. The van der Waals surface area contributed by atoms with E-state index >= 15 is 0 Å². The van der Waals surface area contributed by atoms with E-state index in [4.69, 9.17) is 0 Å². The summed E-state index contributed by atoms with van der Waals surface area (Å²) in [6, 6.07) is 9.73. The monoisotopic (exact) mass is 496 g/mol. The number of imidazole rings is 1. The molecule has 1 saturated carbocycles. The number of halogens is 4. The Labute approximate surface area is 186 Å². The molecule has 3 aromatic rings. The molecule has 0 amide bonds. The zero-order chi connectivity index (χ0) is 22.4. The topological polar surface area (TPSA) is 62.1 Å². The van der Waals surface area contributed by atoms with Gasteiger partial charge in [-0.05, 0) is 56.5 Å². The molecule has 3 N–H and O–H groups in total. The zero-order valence-corrected chi connectivity index (χ0v) is 18.8. The second kappa shape index (κ2) is 8.11. The minimum absolute atomic E-state index is 0.223. The van der Waals surface area contributed by atoms with Crippen LogP contribution < -0.4 is 10.6 Å². The smallest absolute Gasteiger partial charge is 0.383 e. The van der Waals surface area contributed by atoms with Crippen LogP contribution in [-0.4, -0.2) is 33.4 Å². The van der Waals surface area contributed by atoms with Gasteiger partial charge in [-0.3, -0.25) is 9.88 Å². The number of hydrogen-bond acceptors (Lipinski definition) is 4. The van der Waals surface area contributed by atoms with Crippen molar-refractivity contribution < 1.29 is 18.3 Å². The number of alkyl halides is 3. The number of anilines is 1. The van der Waals surface area contributed by atoms with Gasteiger partial charge in [0, 0.05) is 28.3 Å². The van der Waals surface area contributed by atoms with Crippen molar-refractivity contribution in [1.82, 2.24) is 14.9 Å². The molecule has 0 radical (unpaired) electrons. The highest BCUT2D eigenvalue weighted by atomic mass is 79.9. The SMILES string of the molecule is Cc1cc(-n2cnc3c(NCCC(F)(F)F)cc(Br)cc32)ccc1C(C)(O)NC1CC1. The number of rotatable bonds is 7. The molecule has 1 unspecified atom stereocenters. The van der Waals surface area contributed by atoms with Crippen molar-refractivity contribution in [3.63, 3.8) is 0 Å². The third-order valence-electron chi connectivity index (χ3n) is 5.42. The Balaban J connectivity index is 1.64. The highest BCUT2D eigenvalue weighted by Crippen LogP contribution is 2.32. The van der Waals surface area contributed by atoms with Crippen LogP contribution in [0.4, 0.5) is 18.9 Å². The third kappa shape index (κ3) is 5.05. The van der Waals surface area contributed by atoms with E-state index in [1.165, 1.54) is 0 Å². The molecule has 1 aromatic heterocycles. The molecule has 4 rings (SSSR count). The predicted molar refractivity (Wildman–Crippen MR) is 118 cm³/mol. The fraction of sp³-hybridized carbons (Fsp3) is 0.409. The van der Waals surface area contributed by atoms with Crippen molar-refractivity contribution in [3.05, 3.63) is 52.3 Å². The van der Waals surface area contributed by atoms with Crippen molar-refractivity contribution >= 4 is 32.7 Å². The highest BCUT2D eigenvalue weighted by Gasteiger charge is 2.33. The van der Waals surface area contributed by atoms with Crippen LogP contribution in [0.25, 0.3) is 16.7 Å². The Bertz CT molecular complexity index is 1110. The average Bonchev–Trinajstić information content (AvgIpc) is 3.35. The van der Waals surface area contributed by atoms with E-state index in [2.05, 4.69) is 31.5 Å². The van der Waals surface area contributed by atoms with E-state index in [0.717, 1.165) is 39.6 Å². The van der Waals surface area contributed by atoms with E-state index in [1.807, 2.05) is 35.8 Å². The van der Waals surface area contributed by atoms with Crippen LogP contribution in [0, 0.1) is 6.92 Å². The van der Waals surface area contributed by atoms with E-state index in [1.54, 1.807) is 19.3 Å². The molecular weight excluding hydrogens is 473 g/mol. The first-order valence-electron chi connectivity index (χ1n) is 10.1. The molecule has 1 aliphatic carbocycles. The molecule has 0 spiro atoms. The summed E-state index contributed by atoms with van der Waals surface area (Å²) < 4.78 is 40.2. The summed E-state index contributed by atoms with van der Waals surface area (Å²) in [7, 11) is 0. The molecule has 5 nitrogen and oxygen atoms in total. The van der Waals surface area contributed by atoms with Gasteiger partial charge in [0.05, 0.1) is 17.6 Å². The van der Waals surface area contributed by atoms with Gasteiger partial charge in [0.1, 0.15) is 17.6 Å². The van der Waals surface area contributed by atoms with Crippen LogP contribution in [0.2, 0.25) is 0 Å². The van der Waals surface area contributed by atoms with Crippen LogP contribution in [0.1, 0.15) is 37.3 Å². The zero-order valence-electron chi connectivity index (χ0n) is 17.2. The standard InChI is InChI=1S/C22H24BrF3N4O/c1-13-9-16(5-6-17(13)21(2,31)29-15-3-4-15)30-12-28-20-18(10-14(23)11-19(20)30)27-8-7-22(24,25)26/h5-6,9-12,15,27,29,31H,3-4,7-8H2,1-2H3. The maximum absolute atomic E-state index is 12.5. The predicted octanol–water partition coefficient (Wildman–Crippen LogP) is 5.38. The van der Waals surface area contributed by atoms with Crippen molar-refractivity contribution in [1.29, 1.82) is 0 Å². The lowest BCUT2D eigenvalue weighted by Gasteiger charge is -2.27. The quantitative estimate of drug-likeness (QED) is 0.384. The van der Waals surface area contributed by atoms with Crippen molar-refractivity contribution in [2.45, 2.75) is 51.1 Å². The molecule has 9 heteroatoms. The Kier molecular flexibility index (Phi) is 5.78. The molecule has 31 heavy (non-hydrogen) atoms. The summed E-state index contributed by atoms with van der Waals surface area (Å²) in [6.07, 6.45) is -1.34. The molecule has 1 fully saturated rings. The number of aromatic nitrogens is 2. The molecule has 2 aromatic carbocycles. The molecule has 166 valence electrons. The summed E-state index contributed by atoms with van der Waals surface area (Å²) in [5.41, 5.74) is 3.37. The first kappa shape index (κ1) is 22.1. The van der Waals surface area contributed by atoms with Gasteiger partial charge < -0.3 is 10.4 Å². The molecule has 1 aliphatic rings. The number of fused-ring (bicyclic) bond motifs is 1. The van der Waals surface area contributed by atoms with E-state index in [-0.39, 0.29) is 6.54 Å². The first-order chi connectivity index (χ1) is 14.5. The van der Waals surface area contributed by atoms with Gasteiger partial charge in [-0.15, -0.1) is 0 Å². The van der Waals surface area contributed by atoms with Crippen molar-refractivity contribution in [2.75, 3.05) is 11.9 Å². The molecule has 0 saturated heterocycles. The lowest BCUT2D eigenvalue weighted by atomic mass is 9.98. The highest BCUT2D eigenvalue weighted by molar-refractivity contribution is 9.10. The van der Waals surface area contributed by atoms with Crippen LogP contribution in [0.15, 0.2) is 41.1 Å². The fourth-order valence-electron chi connectivity index (χ4n) is 3.81. The van der Waals surface area contributed by atoms with Gasteiger partial charge in [-0.2, -0.15) is 13.2 Å². The van der Waals surface area contributed by atoms with Gasteiger partial charge in [0.15, 0.2) is 0 Å². The molecule has 1 atom stereocenters. The van der Waals surface area contributed by atoms with Crippen molar-refractivity contribution in [2.24, 2.45) is 0 Å². The third-order valence-corrected chi connectivity index (χ3v) is 5.87. The second-order valence-corrected chi connectivity index (χ2v) is 9.13. The maximum Gasteiger partial charge on any atom is 0.390 e. The van der Waals surface area contributed by atoms with Gasteiger partial charge >= 0.3 is 6.18 Å². The number of benzene rings is 2. The number of aliphatic hydroxyl groups is 1. The lowest BCUT2D eigenvalue weighted by Crippen LogP contribution is -2.41. The normalized spacial score (nSPS) is 16.5. The van der Waals surface area contributed by atoms with E-state index < -0.39 is 18.3 Å². The van der Waals surface area contributed by atoms with Gasteiger partial charge in [0.2, 0.25) is 0 Å². The number of hydrogen-bond donors (Lipinski definition) is 3. The molecule has 0 bridgehead atoms. The summed E-state index contributed by atoms with van der Waals surface area (Å²) in [5, 5.41) is 17.0. The summed E-state index contributed by atoms with van der Waals surface area (Å²) in [4.78, 5) is 4.44. The minimum atomic E-state index is -4.22. The van der Waals surface area contributed by atoms with Crippen molar-refractivity contribution in [3.8, 4) is 5.69 Å². The Morgan fingerprint density at radius 3 is 2.61 bits per heavy atom. The minimum Gasteiger partial charge on any atom is -0.383 e. The Morgan fingerprint density at radius 2 is 1.97 bits per heavy atom. The Hall–Kier alpha value is -2.10. The van der Waals surface area contributed by atoms with Crippen LogP contribution in [0.5, 0.6) is 0 Å². The fourth-order valence-corrected chi connectivity index (χ4v) is 4.25. The van der Waals surface area contributed by atoms with Crippen LogP contribution in [-0.2, 0) is 5.72 Å². The van der Waals surface area contributed by atoms with Gasteiger partial charge in [0.25, 0.3) is 0 Å². The van der Waals surface area contributed by atoms with Crippen LogP contribution in [0.3, 0.4) is 0 Å². The lowest BCUT2D eigenvalue weighted by molar-refractivity contribution is -0.131. The first-order valence-corrected chi connectivity index (χ1v) is 10.9. The largest absolute Gasteiger partial charge is 0.390 e. The summed E-state index contributed by atoms with van der Waals surface area (Å²) >= 11 is 3.44. The van der Waals surface area contributed by atoms with E-state index in [0.29, 0.717) is 17.2 Å². The number of nitrogens with one attached hydrogen (secondary N) is 2. The van der Waals surface area contributed by atoms with E-state index in [9.17, 15) is 18.3 Å². The van der Waals surface area contributed by atoms with Gasteiger partial charge in [-0.25, -0.2) is 4.98 Å². The molecular formula is C22H24BrF3N4O. The summed E-state index contributed by atoms with van der Waals surface area (Å²) in [5.74, 6) is 0. The summed E-state index contributed by atoms with van der Waals surface area (Å²) in [6.45, 7) is 3.48. The molecule has 0 aliphatic heterocycles.